The second-order valence-corrected chi connectivity index (χ2v) is 5.05. The topological polar surface area (TPSA) is 96.2 Å². The molecule has 0 saturated carbocycles. The van der Waals surface area contributed by atoms with Gasteiger partial charge in [0.15, 0.2) is 0 Å². The number of aliphatic imine (C=N–C) groups is 1. The second kappa shape index (κ2) is 15.1. The largest absolute Gasteiger partial charge is 1.00 e. The summed E-state index contributed by atoms with van der Waals surface area (Å²) in [7, 11) is 0. The van der Waals surface area contributed by atoms with Gasteiger partial charge in [-0.3, -0.25) is 9.69 Å². The molecule has 1 atom stereocenters. The molecule has 0 aromatic rings. The van der Waals surface area contributed by atoms with Crippen molar-refractivity contribution in [2.75, 3.05) is 26.2 Å². The van der Waals surface area contributed by atoms with E-state index in [-0.39, 0.29) is 44.4 Å². The number of aliphatic hydroxyl groups is 1. The van der Waals surface area contributed by atoms with E-state index in [1.165, 1.54) is 0 Å². The van der Waals surface area contributed by atoms with E-state index >= 15 is 0 Å². The number of rotatable bonds is 12. The number of aliphatic carboxylic acids is 1. The van der Waals surface area contributed by atoms with Gasteiger partial charge in [-0.25, -0.2) is 0 Å². The molecule has 0 bridgehead atoms. The smallest absolute Gasteiger partial charge is 0.862 e. The molecule has 0 spiro atoms. The Balaban J connectivity index is 0. The van der Waals surface area contributed by atoms with Crippen LogP contribution in [0.1, 0.15) is 39.5 Å². The van der Waals surface area contributed by atoms with Crippen LogP contribution in [0.5, 0.6) is 0 Å². The van der Waals surface area contributed by atoms with E-state index in [2.05, 4.69) is 18.0 Å². The van der Waals surface area contributed by atoms with Gasteiger partial charge >= 0.3 is 24.8 Å². The van der Waals surface area contributed by atoms with Crippen molar-refractivity contribution in [2.45, 2.75) is 45.6 Å². The average Bonchev–Trinajstić information content (AvgIpc) is 2.37. The molecule has 122 valence electrons. The molecule has 0 radical (unpaired) electrons. The van der Waals surface area contributed by atoms with Crippen LogP contribution < -0.4 is 24.0 Å². The van der Waals surface area contributed by atoms with Crippen molar-refractivity contribution in [3.63, 3.8) is 0 Å². The SMILES string of the molecule is CCC/C=C/CCC([O-])=NCCN(CC(=O)O)CC(C)O.[Li+]. The monoisotopic (exact) mass is 306 g/mol. The van der Waals surface area contributed by atoms with Crippen molar-refractivity contribution >= 4 is 11.9 Å². The minimum atomic E-state index is -0.956. The van der Waals surface area contributed by atoms with Crippen LogP contribution in [0.25, 0.3) is 0 Å². The van der Waals surface area contributed by atoms with Gasteiger partial charge in [-0.1, -0.05) is 25.5 Å². The molecule has 0 rings (SSSR count). The molecule has 2 N–H and O–H groups in total. The molecule has 0 aromatic heterocycles. The molecule has 0 heterocycles. The maximum absolute atomic E-state index is 11.5. The number of unbranched alkanes of at least 4 members (excludes halogenated alkanes) is 1. The standard InChI is InChI=1S/C15H28N2O4.Li/c1-3-4-5-6-7-8-14(19)16-9-10-17(11-13(2)18)12-15(20)21;/h5-6,13,18H,3-4,7-12H2,1-2H3,(H,16,19)(H,20,21);/q;+1/p-1/b6-5+;. The Morgan fingerprint density at radius 1 is 1.36 bits per heavy atom. The summed E-state index contributed by atoms with van der Waals surface area (Å²) in [5.41, 5.74) is 0. The fourth-order valence-electron chi connectivity index (χ4n) is 1.80. The number of hydrogen-bond acceptors (Lipinski definition) is 5. The summed E-state index contributed by atoms with van der Waals surface area (Å²) in [5, 5.41) is 29.6. The van der Waals surface area contributed by atoms with E-state index in [1.54, 1.807) is 11.8 Å². The summed E-state index contributed by atoms with van der Waals surface area (Å²) >= 11 is 0. The number of allylic oxidation sites excluding steroid dienone is 2. The third-order valence-corrected chi connectivity index (χ3v) is 2.73. The molecule has 0 aliphatic heterocycles. The Bertz CT molecular complexity index is 346. The fraction of sp³-hybridized carbons (Fsp3) is 0.733. The number of carboxylic acids is 1. The van der Waals surface area contributed by atoms with Crippen LogP contribution in [0.3, 0.4) is 0 Å². The van der Waals surface area contributed by atoms with Gasteiger partial charge in [0.1, 0.15) is 0 Å². The Kier molecular flexibility index (Phi) is 16.1. The summed E-state index contributed by atoms with van der Waals surface area (Å²) in [6.07, 6.45) is 6.63. The molecule has 6 nitrogen and oxygen atoms in total. The van der Waals surface area contributed by atoms with Crippen LogP contribution in [0.2, 0.25) is 0 Å². The Morgan fingerprint density at radius 2 is 2.00 bits per heavy atom. The van der Waals surface area contributed by atoms with Crippen molar-refractivity contribution in [2.24, 2.45) is 4.99 Å². The molecule has 0 aromatic carbocycles. The summed E-state index contributed by atoms with van der Waals surface area (Å²) < 4.78 is 0. The predicted molar refractivity (Wildman–Crippen MR) is 81.3 cm³/mol. The van der Waals surface area contributed by atoms with Crippen molar-refractivity contribution < 1.29 is 39.0 Å². The summed E-state index contributed by atoms with van der Waals surface area (Å²) in [6, 6.07) is 0. The molecular weight excluding hydrogens is 279 g/mol. The normalized spacial score (nSPS) is 13.4. The van der Waals surface area contributed by atoms with Crippen LogP contribution in [-0.2, 0) is 4.79 Å². The van der Waals surface area contributed by atoms with Crippen LogP contribution in [-0.4, -0.2) is 59.3 Å². The van der Waals surface area contributed by atoms with E-state index in [9.17, 15) is 15.0 Å². The van der Waals surface area contributed by atoms with Crippen molar-refractivity contribution in [1.82, 2.24) is 4.90 Å². The minimum Gasteiger partial charge on any atom is -0.862 e. The zero-order valence-corrected chi connectivity index (χ0v) is 14.0. The summed E-state index contributed by atoms with van der Waals surface area (Å²) in [6.45, 7) is 4.41. The number of carbonyl (C=O) groups is 1. The number of aliphatic hydroxyl groups excluding tert-OH is 1. The van der Waals surface area contributed by atoms with Crippen LogP contribution >= 0.6 is 0 Å². The number of hydrogen-bond donors (Lipinski definition) is 2. The first kappa shape index (κ1) is 23.5. The van der Waals surface area contributed by atoms with Crippen molar-refractivity contribution in [3.05, 3.63) is 12.2 Å². The van der Waals surface area contributed by atoms with Gasteiger partial charge in [-0.15, -0.1) is 0 Å². The quantitative estimate of drug-likeness (QED) is 0.182. The minimum absolute atomic E-state index is 0. The van der Waals surface area contributed by atoms with Crippen LogP contribution in [0.15, 0.2) is 17.1 Å². The zero-order valence-electron chi connectivity index (χ0n) is 14.0. The van der Waals surface area contributed by atoms with E-state index in [1.807, 2.05) is 6.08 Å². The first-order valence-electron chi connectivity index (χ1n) is 7.43. The Labute approximate surface area is 145 Å². The van der Waals surface area contributed by atoms with E-state index in [0.29, 0.717) is 19.4 Å². The molecule has 0 saturated heterocycles. The number of carboxylic acid groups (broad SMARTS) is 1. The van der Waals surface area contributed by atoms with Gasteiger partial charge in [0, 0.05) is 13.1 Å². The molecule has 22 heavy (non-hydrogen) atoms. The van der Waals surface area contributed by atoms with E-state index < -0.39 is 12.1 Å². The van der Waals surface area contributed by atoms with Crippen LogP contribution in [0, 0.1) is 0 Å². The average molecular weight is 306 g/mol. The van der Waals surface area contributed by atoms with Crippen LogP contribution in [0.4, 0.5) is 0 Å². The van der Waals surface area contributed by atoms with E-state index in [0.717, 1.165) is 12.8 Å². The second-order valence-electron chi connectivity index (χ2n) is 5.05. The van der Waals surface area contributed by atoms with Gasteiger partial charge in [-0.05, 0) is 32.1 Å². The molecule has 7 heteroatoms. The first-order valence-corrected chi connectivity index (χ1v) is 7.43. The Morgan fingerprint density at radius 3 is 2.55 bits per heavy atom. The van der Waals surface area contributed by atoms with Crippen molar-refractivity contribution in [1.29, 1.82) is 0 Å². The third kappa shape index (κ3) is 15.6. The summed E-state index contributed by atoms with van der Waals surface area (Å²) in [5.74, 6) is -1.12. The van der Waals surface area contributed by atoms with Crippen molar-refractivity contribution in [3.8, 4) is 0 Å². The molecule has 0 fully saturated rings. The molecule has 0 aliphatic rings. The van der Waals surface area contributed by atoms with Gasteiger partial charge in [0.2, 0.25) is 0 Å². The maximum Gasteiger partial charge on any atom is 1.00 e. The fourth-order valence-corrected chi connectivity index (χ4v) is 1.80. The molecule has 0 aliphatic carbocycles. The molecule has 0 amide bonds. The summed E-state index contributed by atoms with van der Waals surface area (Å²) in [4.78, 5) is 16.2. The predicted octanol–water partition coefficient (Wildman–Crippen LogP) is -2.35. The van der Waals surface area contributed by atoms with Gasteiger partial charge < -0.3 is 20.3 Å². The molecular formula is C15H27LiN2O4. The first-order chi connectivity index (χ1) is 9.95. The van der Waals surface area contributed by atoms with Gasteiger partial charge in [-0.2, -0.15) is 0 Å². The van der Waals surface area contributed by atoms with Gasteiger partial charge in [0.05, 0.1) is 19.2 Å². The Hall–Kier alpha value is -0.803. The zero-order chi connectivity index (χ0) is 16.1. The maximum atomic E-state index is 11.5. The van der Waals surface area contributed by atoms with E-state index in [4.69, 9.17) is 5.11 Å². The number of nitrogens with zero attached hydrogens (tertiary/aromatic N) is 2. The van der Waals surface area contributed by atoms with Gasteiger partial charge in [0.25, 0.3) is 0 Å². The third-order valence-electron chi connectivity index (χ3n) is 2.73. The molecule has 1 unspecified atom stereocenters.